The molecule has 1 fully saturated rings. The SMILES string of the molecule is COc1ccc(S(=O)(=O)N2CCN(C(=O)c3cc(Cl)ccc3Cl)CC2)cc1[N+](=O)[O-]. The third-order valence-electron chi connectivity index (χ3n) is 4.67. The van der Waals surface area contributed by atoms with Gasteiger partial charge in [0.2, 0.25) is 10.0 Å². The number of rotatable bonds is 5. The van der Waals surface area contributed by atoms with E-state index in [0.29, 0.717) is 5.02 Å². The number of hydrogen-bond acceptors (Lipinski definition) is 6. The first-order valence-electron chi connectivity index (χ1n) is 8.72. The Bertz CT molecular complexity index is 1100. The van der Waals surface area contributed by atoms with Gasteiger partial charge in [-0.15, -0.1) is 0 Å². The summed E-state index contributed by atoms with van der Waals surface area (Å²) in [5, 5.41) is 11.8. The molecule has 1 heterocycles. The van der Waals surface area contributed by atoms with Crippen molar-refractivity contribution in [1.82, 2.24) is 9.21 Å². The largest absolute Gasteiger partial charge is 0.490 e. The van der Waals surface area contributed by atoms with E-state index in [4.69, 9.17) is 27.9 Å². The lowest BCUT2D eigenvalue weighted by molar-refractivity contribution is -0.386. The number of carbonyl (C=O) groups is 1. The van der Waals surface area contributed by atoms with Crippen LogP contribution in [0.25, 0.3) is 0 Å². The highest BCUT2D eigenvalue weighted by Crippen LogP contribution is 2.31. The van der Waals surface area contributed by atoms with Crippen molar-refractivity contribution < 1.29 is 22.9 Å². The summed E-state index contributed by atoms with van der Waals surface area (Å²) in [6.45, 7) is 0.344. The summed E-state index contributed by atoms with van der Waals surface area (Å²) in [6, 6.07) is 8.02. The van der Waals surface area contributed by atoms with E-state index in [1.165, 1.54) is 40.6 Å². The van der Waals surface area contributed by atoms with Gasteiger partial charge in [0, 0.05) is 37.3 Å². The molecule has 0 unspecified atom stereocenters. The van der Waals surface area contributed by atoms with Gasteiger partial charge in [-0.1, -0.05) is 23.2 Å². The van der Waals surface area contributed by atoms with Gasteiger partial charge < -0.3 is 9.64 Å². The minimum Gasteiger partial charge on any atom is -0.490 e. The number of ether oxygens (including phenoxy) is 1. The standard InChI is InChI=1S/C18H17Cl2N3O6S/c1-29-17-5-3-13(11-16(17)23(25)26)30(27,28)22-8-6-21(7-9-22)18(24)14-10-12(19)2-4-15(14)20/h2-5,10-11H,6-9H2,1H3. The Morgan fingerprint density at radius 2 is 1.77 bits per heavy atom. The van der Waals surface area contributed by atoms with Crippen LogP contribution in [0.15, 0.2) is 41.3 Å². The molecule has 3 rings (SSSR count). The fourth-order valence-electron chi connectivity index (χ4n) is 3.09. The average molecular weight is 474 g/mol. The van der Waals surface area contributed by atoms with Gasteiger partial charge in [-0.2, -0.15) is 4.31 Å². The van der Waals surface area contributed by atoms with Crippen molar-refractivity contribution in [3.8, 4) is 5.75 Å². The Kier molecular flexibility index (Phi) is 6.51. The van der Waals surface area contributed by atoms with Crippen LogP contribution >= 0.6 is 23.2 Å². The van der Waals surface area contributed by atoms with E-state index >= 15 is 0 Å². The zero-order valence-electron chi connectivity index (χ0n) is 15.7. The number of sulfonamides is 1. The molecule has 12 heteroatoms. The second kappa shape index (κ2) is 8.76. The number of carbonyl (C=O) groups excluding carboxylic acids is 1. The first-order valence-corrected chi connectivity index (χ1v) is 10.9. The van der Waals surface area contributed by atoms with E-state index in [1.807, 2.05) is 0 Å². The van der Waals surface area contributed by atoms with Crippen LogP contribution in [0.5, 0.6) is 5.75 Å². The van der Waals surface area contributed by atoms with Crippen LogP contribution in [0.4, 0.5) is 5.69 Å². The molecule has 1 aliphatic rings. The van der Waals surface area contributed by atoms with E-state index in [9.17, 15) is 23.3 Å². The summed E-state index contributed by atoms with van der Waals surface area (Å²) in [5.41, 5.74) is -0.200. The van der Waals surface area contributed by atoms with Gasteiger partial charge in [0.1, 0.15) is 0 Å². The first-order chi connectivity index (χ1) is 14.1. The van der Waals surface area contributed by atoms with Gasteiger partial charge in [-0.25, -0.2) is 8.42 Å². The summed E-state index contributed by atoms with van der Waals surface area (Å²) in [5.74, 6) is -0.382. The van der Waals surface area contributed by atoms with Crippen molar-refractivity contribution in [3.05, 3.63) is 62.1 Å². The molecule has 0 spiro atoms. The normalized spacial score (nSPS) is 15.1. The quantitative estimate of drug-likeness (QED) is 0.487. The van der Waals surface area contributed by atoms with Crippen molar-refractivity contribution in [2.45, 2.75) is 4.90 Å². The molecule has 0 radical (unpaired) electrons. The van der Waals surface area contributed by atoms with Crippen molar-refractivity contribution in [1.29, 1.82) is 0 Å². The van der Waals surface area contributed by atoms with E-state index in [2.05, 4.69) is 0 Å². The molecule has 1 saturated heterocycles. The number of amides is 1. The highest BCUT2D eigenvalue weighted by molar-refractivity contribution is 7.89. The highest BCUT2D eigenvalue weighted by atomic mass is 35.5. The van der Waals surface area contributed by atoms with Gasteiger partial charge in [0.05, 0.1) is 27.5 Å². The lowest BCUT2D eigenvalue weighted by Gasteiger charge is -2.34. The molecule has 30 heavy (non-hydrogen) atoms. The summed E-state index contributed by atoms with van der Waals surface area (Å²) in [7, 11) is -2.72. The molecule has 0 N–H and O–H groups in total. The summed E-state index contributed by atoms with van der Waals surface area (Å²) in [6.07, 6.45) is 0. The van der Waals surface area contributed by atoms with Crippen LogP contribution in [-0.4, -0.2) is 61.7 Å². The van der Waals surface area contributed by atoms with E-state index in [1.54, 1.807) is 6.07 Å². The van der Waals surface area contributed by atoms with Gasteiger partial charge in [0.25, 0.3) is 5.91 Å². The first kappa shape index (κ1) is 22.3. The van der Waals surface area contributed by atoms with Crippen molar-refractivity contribution in [2.75, 3.05) is 33.3 Å². The Morgan fingerprint density at radius 1 is 1.10 bits per heavy atom. The predicted octanol–water partition coefficient (Wildman–Crippen LogP) is 3.06. The lowest BCUT2D eigenvalue weighted by Crippen LogP contribution is -2.50. The van der Waals surface area contributed by atoms with E-state index in [-0.39, 0.29) is 53.3 Å². The molecule has 0 aromatic heterocycles. The number of methoxy groups -OCH3 is 1. The number of nitrogens with zero attached hydrogens (tertiary/aromatic N) is 3. The zero-order chi connectivity index (χ0) is 22.1. The van der Waals surface area contributed by atoms with Crippen LogP contribution in [0.3, 0.4) is 0 Å². The summed E-state index contributed by atoms with van der Waals surface area (Å²) < 4.78 is 31.9. The second-order valence-corrected chi connectivity index (χ2v) is 9.19. The molecular weight excluding hydrogens is 457 g/mol. The predicted molar refractivity (Wildman–Crippen MR) is 111 cm³/mol. The average Bonchev–Trinajstić information content (AvgIpc) is 2.74. The number of hydrogen-bond donors (Lipinski definition) is 0. The number of nitro benzene ring substituents is 1. The molecule has 1 amide bonds. The van der Waals surface area contributed by atoms with Gasteiger partial charge >= 0.3 is 5.69 Å². The minimum absolute atomic E-state index is 0.0338. The summed E-state index contributed by atoms with van der Waals surface area (Å²) >= 11 is 12.0. The third-order valence-corrected chi connectivity index (χ3v) is 7.13. The molecule has 0 atom stereocenters. The Labute approximate surface area is 182 Å². The number of halogens is 2. The molecule has 0 aliphatic carbocycles. The monoisotopic (exact) mass is 473 g/mol. The fourth-order valence-corrected chi connectivity index (χ4v) is 4.90. The molecule has 1 aliphatic heterocycles. The second-order valence-electron chi connectivity index (χ2n) is 6.41. The van der Waals surface area contributed by atoms with Crippen molar-refractivity contribution in [2.24, 2.45) is 0 Å². The number of piperazine rings is 1. The maximum Gasteiger partial charge on any atom is 0.312 e. The molecule has 0 bridgehead atoms. The van der Waals surface area contributed by atoms with Crippen molar-refractivity contribution in [3.63, 3.8) is 0 Å². The molecule has 160 valence electrons. The smallest absolute Gasteiger partial charge is 0.312 e. The lowest BCUT2D eigenvalue weighted by atomic mass is 10.2. The highest BCUT2D eigenvalue weighted by Gasteiger charge is 2.32. The Morgan fingerprint density at radius 3 is 2.37 bits per heavy atom. The van der Waals surface area contributed by atoms with Crippen LogP contribution in [-0.2, 0) is 10.0 Å². The van der Waals surface area contributed by atoms with Crippen LogP contribution in [0.2, 0.25) is 10.0 Å². The van der Waals surface area contributed by atoms with Crippen LogP contribution < -0.4 is 4.74 Å². The van der Waals surface area contributed by atoms with Gasteiger partial charge in [-0.3, -0.25) is 14.9 Å². The van der Waals surface area contributed by atoms with Crippen molar-refractivity contribution >= 4 is 44.8 Å². The third kappa shape index (κ3) is 4.36. The summed E-state index contributed by atoms with van der Waals surface area (Å²) in [4.78, 5) is 24.5. The minimum atomic E-state index is -3.98. The van der Waals surface area contributed by atoms with E-state index in [0.717, 1.165) is 6.07 Å². The molecular formula is C18H17Cl2N3O6S. The van der Waals surface area contributed by atoms with Gasteiger partial charge in [0.15, 0.2) is 5.75 Å². The molecule has 2 aromatic rings. The van der Waals surface area contributed by atoms with E-state index < -0.39 is 20.6 Å². The number of nitro groups is 1. The van der Waals surface area contributed by atoms with Crippen LogP contribution in [0.1, 0.15) is 10.4 Å². The number of benzene rings is 2. The Balaban J connectivity index is 1.77. The van der Waals surface area contributed by atoms with Crippen LogP contribution in [0, 0.1) is 10.1 Å². The molecule has 2 aromatic carbocycles. The fraction of sp³-hybridized carbons (Fsp3) is 0.278. The molecule has 0 saturated carbocycles. The molecule has 9 nitrogen and oxygen atoms in total. The maximum atomic E-state index is 12.9. The Hall–Kier alpha value is -2.40. The topological polar surface area (TPSA) is 110 Å². The zero-order valence-corrected chi connectivity index (χ0v) is 18.1. The van der Waals surface area contributed by atoms with Gasteiger partial charge in [-0.05, 0) is 30.3 Å². The maximum absolute atomic E-state index is 12.9.